The number of ether oxygens (including phenoxy) is 2. The fourth-order valence-electron chi connectivity index (χ4n) is 1.81. The monoisotopic (exact) mass is 334 g/mol. The molecule has 0 spiro atoms. The van der Waals surface area contributed by atoms with E-state index in [1.165, 1.54) is 14.2 Å². The molecule has 0 saturated carbocycles. The van der Waals surface area contributed by atoms with E-state index in [0.29, 0.717) is 27.9 Å². The van der Waals surface area contributed by atoms with Crippen LogP contribution >= 0.6 is 11.6 Å². The second kappa shape index (κ2) is 7.51. The molecule has 0 heterocycles. The quantitative estimate of drug-likeness (QED) is 0.843. The lowest BCUT2D eigenvalue weighted by Crippen LogP contribution is -2.29. The van der Waals surface area contributed by atoms with E-state index >= 15 is 0 Å². The lowest BCUT2D eigenvalue weighted by Gasteiger charge is -2.11. The smallest absolute Gasteiger partial charge is 0.314 e. The SMILES string of the molecule is COc1ccc(OC)c(NC(=O)C(=O)Nc2ccc(Cl)cc2)c1. The van der Waals surface area contributed by atoms with Gasteiger partial charge in [-0.15, -0.1) is 0 Å². The van der Waals surface area contributed by atoms with Gasteiger partial charge in [0.25, 0.3) is 0 Å². The van der Waals surface area contributed by atoms with E-state index in [-0.39, 0.29) is 0 Å². The third-order valence-corrected chi connectivity index (χ3v) is 3.22. The second-order valence-electron chi connectivity index (χ2n) is 4.48. The van der Waals surface area contributed by atoms with Crippen molar-refractivity contribution >= 4 is 34.8 Å². The van der Waals surface area contributed by atoms with Gasteiger partial charge in [0.15, 0.2) is 0 Å². The maximum atomic E-state index is 12.0. The van der Waals surface area contributed by atoms with E-state index in [1.54, 1.807) is 42.5 Å². The van der Waals surface area contributed by atoms with Crippen molar-refractivity contribution in [2.75, 3.05) is 24.9 Å². The molecular formula is C16H15ClN2O4. The number of rotatable bonds is 4. The molecule has 7 heteroatoms. The van der Waals surface area contributed by atoms with Crippen molar-refractivity contribution in [2.45, 2.75) is 0 Å². The number of benzene rings is 2. The van der Waals surface area contributed by atoms with E-state index in [4.69, 9.17) is 21.1 Å². The van der Waals surface area contributed by atoms with Gasteiger partial charge in [-0.05, 0) is 36.4 Å². The number of anilines is 2. The number of amides is 2. The highest BCUT2D eigenvalue weighted by atomic mass is 35.5. The first-order chi connectivity index (χ1) is 11.0. The number of carbonyl (C=O) groups is 2. The molecule has 0 unspecified atom stereocenters. The highest BCUT2D eigenvalue weighted by Crippen LogP contribution is 2.28. The first-order valence-electron chi connectivity index (χ1n) is 6.63. The molecule has 0 aliphatic carbocycles. The van der Waals surface area contributed by atoms with Crippen molar-refractivity contribution in [3.8, 4) is 11.5 Å². The standard InChI is InChI=1S/C16H15ClN2O4/c1-22-12-7-8-14(23-2)13(9-12)19-16(21)15(20)18-11-5-3-10(17)4-6-11/h3-9H,1-2H3,(H,18,20)(H,19,21). The molecule has 2 rings (SSSR count). The van der Waals surface area contributed by atoms with E-state index in [2.05, 4.69) is 10.6 Å². The Morgan fingerprint density at radius 1 is 0.913 bits per heavy atom. The van der Waals surface area contributed by atoms with Crippen LogP contribution in [0, 0.1) is 0 Å². The summed E-state index contributed by atoms with van der Waals surface area (Å²) < 4.78 is 10.2. The van der Waals surface area contributed by atoms with Gasteiger partial charge in [0.1, 0.15) is 11.5 Å². The lowest BCUT2D eigenvalue weighted by molar-refractivity contribution is -0.133. The van der Waals surface area contributed by atoms with Gasteiger partial charge in [0.2, 0.25) is 0 Å². The van der Waals surface area contributed by atoms with Gasteiger partial charge in [-0.1, -0.05) is 11.6 Å². The van der Waals surface area contributed by atoms with Crippen LogP contribution in [0.4, 0.5) is 11.4 Å². The Morgan fingerprint density at radius 2 is 1.57 bits per heavy atom. The average molecular weight is 335 g/mol. The van der Waals surface area contributed by atoms with Crippen LogP contribution in [-0.4, -0.2) is 26.0 Å². The Kier molecular flexibility index (Phi) is 5.43. The molecule has 0 atom stereocenters. The van der Waals surface area contributed by atoms with Gasteiger partial charge >= 0.3 is 11.8 Å². The van der Waals surface area contributed by atoms with Crippen LogP contribution in [-0.2, 0) is 9.59 Å². The lowest BCUT2D eigenvalue weighted by atomic mass is 10.2. The van der Waals surface area contributed by atoms with Crippen molar-refractivity contribution in [1.82, 2.24) is 0 Å². The molecule has 2 aromatic carbocycles. The fraction of sp³-hybridized carbons (Fsp3) is 0.125. The summed E-state index contributed by atoms with van der Waals surface area (Å²) in [5.74, 6) is -0.693. The van der Waals surface area contributed by atoms with Gasteiger partial charge in [0.05, 0.1) is 19.9 Å². The Labute approximate surface area is 138 Å². The number of nitrogens with one attached hydrogen (secondary N) is 2. The van der Waals surface area contributed by atoms with E-state index in [9.17, 15) is 9.59 Å². The van der Waals surface area contributed by atoms with Crippen molar-refractivity contribution < 1.29 is 19.1 Å². The normalized spacial score (nSPS) is 9.87. The highest BCUT2D eigenvalue weighted by molar-refractivity contribution is 6.43. The van der Waals surface area contributed by atoms with E-state index < -0.39 is 11.8 Å². The van der Waals surface area contributed by atoms with Crippen LogP contribution in [0.1, 0.15) is 0 Å². The van der Waals surface area contributed by atoms with Crippen molar-refractivity contribution in [1.29, 1.82) is 0 Å². The summed E-state index contributed by atoms with van der Waals surface area (Å²) in [6, 6.07) is 11.3. The third kappa shape index (κ3) is 4.37. The molecule has 0 aliphatic rings. The van der Waals surface area contributed by atoms with E-state index in [0.717, 1.165) is 0 Å². The number of halogens is 1. The van der Waals surface area contributed by atoms with Crippen molar-refractivity contribution in [2.24, 2.45) is 0 Å². The molecular weight excluding hydrogens is 320 g/mol. The Morgan fingerprint density at radius 3 is 2.17 bits per heavy atom. The molecule has 0 bridgehead atoms. The van der Waals surface area contributed by atoms with Crippen molar-refractivity contribution in [3.63, 3.8) is 0 Å². The summed E-state index contributed by atoms with van der Waals surface area (Å²) >= 11 is 5.76. The largest absolute Gasteiger partial charge is 0.497 e. The summed E-state index contributed by atoms with van der Waals surface area (Å²) in [6.07, 6.45) is 0. The summed E-state index contributed by atoms with van der Waals surface area (Å²) in [6.45, 7) is 0. The zero-order chi connectivity index (χ0) is 16.8. The number of hydrogen-bond acceptors (Lipinski definition) is 4. The minimum Gasteiger partial charge on any atom is -0.497 e. The van der Waals surface area contributed by atoms with Gasteiger partial charge < -0.3 is 20.1 Å². The molecule has 6 nitrogen and oxygen atoms in total. The van der Waals surface area contributed by atoms with Crippen LogP contribution in [0.3, 0.4) is 0 Å². The maximum absolute atomic E-state index is 12.0. The number of carbonyl (C=O) groups excluding carboxylic acids is 2. The zero-order valence-electron chi connectivity index (χ0n) is 12.6. The number of hydrogen-bond donors (Lipinski definition) is 2. The number of methoxy groups -OCH3 is 2. The molecule has 120 valence electrons. The molecule has 0 radical (unpaired) electrons. The molecule has 2 aromatic rings. The predicted molar refractivity (Wildman–Crippen MR) is 88.3 cm³/mol. The molecule has 0 aliphatic heterocycles. The van der Waals surface area contributed by atoms with Crippen molar-refractivity contribution in [3.05, 3.63) is 47.5 Å². The molecule has 23 heavy (non-hydrogen) atoms. The topological polar surface area (TPSA) is 76.7 Å². The molecule has 0 saturated heterocycles. The second-order valence-corrected chi connectivity index (χ2v) is 4.92. The van der Waals surface area contributed by atoms with Crippen LogP contribution in [0.2, 0.25) is 5.02 Å². The summed E-state index contributed by atoms with van der Waals surface area (Å²) in [7, 11) is 2.96. The molecule has 0 aromatic heterocycles. The molecule has 2 N–H and O–H groups in total. The van der Waals surface area contributed by atoms with Crippen LogP contribution < -0.4 is 20.1 Å². The van der Waals surface area contributed by atoms with Crippen LogP contribution in [0.15, 0.2) is 42.5 Å². The summed E-state index contributed by atoms with van der Waals surface area (Å²) in [5.41, 5.74) is 0.801. The zero-order valence-corrected chi connectivity index (χ0v) is 13.3. The van der Waals surface area contributed by atoms with Gasteiger partial charge in [-0.25, -0.2) is 0 Å². The Balaban J connectivity index is 2.08. The molecule has 2 amide bonds. The first kappa shape index (κ1) is 16.6. The van der Waals surface area contributed by atoms with Gasteiger partial charge in [-0.2, -0.15) is 0 Å². The minimum atomic E-state index is -0.827. The van der Waals surface area contributed by atoms with Gasteiger partial charge in [-0.3, -0.25) is 9.59 Å². The summed E-state index contributed by atoms with van der Waals surface area (Å²) in [4.78, 5) is 23.9. The minimum absolute atomic E-state index is 0.336. The third-order valence-electron chi connectivity index (χ3n) is 2.96. The Hall–Kier alpha value is -2.73. The maximum Gasteiger partial charge on any atom is 0.314 e. The predicted octanol–water partition coefficient (Wildman–Crippen LogP) is 2.93. The van der Waals surface area contributed by atoms with E-state index in [1.807, 2.05) is 0 Å². The fourth-order valence-corrected chi connectivity index (χ4v) is 1.94. The van der Waals surface area contributed by atoms with Gasteiger partial charge in [0, 0.05) is 16.8 Å². The molecule has 0 fully saturated rings. The Bertz CT molecular complexity index is 717. The highest BCUT2D eigenvalue weighted by Gasteiger charge is 2.16. The average Bonchev–Trinajstić information content (AvgIpc) is 2.56. The van der Waals surface area contributed by atoms with Crippen LogP contribution in [0.5, 0.6) is 11.5 Å². The van der Waals surface area contributed by atoms with Crippen LogP contribution in [0.25, 0.3) is 0 Å². The first-order valence-corrected chi connectivity index (χ1v) is 7.01. The summed E-state index contributed by atoms with van der Waals surface area (Å²) in [5, 5.41) is 5.49.